The number of benzene rings is 2. The lowest BCUT2D eigenvalue weighted by atomic mass is 10.1. The van der Waals surface area contributed by atoms with Crippen molar-refractivity contribution in [2.45, 2.75) is 37.8 Å². The van der Waals surface area contributed by atoms with E-state index in [-0.39, 0.29) is 17.0 Å². The highest BCUT2D eigenvalue weighted by atomic mass is 32.2. The molecule has 34 heavy (non-hydrogen) atoms. The molecule has 3 aromatic rings. The van der Waals surface area contributed by atoms with Gasteiger partial charge in [0.15, 0.2) is 0 Å². The van der Waals surface area contributed by atoms with Crippen LogP contribution in [0.3, 0.4) is 0 Å². The minimum atomic E-state index is -4.41. The molecule has 6 nitrogen and oxygen atoms in total. The Bertz CT molecular complexity index is 1280. The number of methoxy groups -OCH3 is 1. The lowest BCUT2D eigenvalue weighted by molar-refractivity contribution is -0.137. The van der Waals surface area contributed by atoms with Crippen LogP contribution in [0.4, 0.5) is 13.2 Å². The molecule has 0 bridgehead atoms. The van der Waals surface area contributed by atoms with Crippen LogP contribution in [0.1, 0.15) is 39.0 Å². The molecule has 1 aromatic heterocycles. The summed E-state index contributed by atoms with van der Waals surface area (Å²) >= 11 is 1.33. The van der Waals surface area contributed by atoms with Gasteiger partial charge in [-0.05, 0) is 43.2 Å². The quantitative estimate of drug-likeness (QED) is 0.429. The van der Waals surface area contributed by atoms with Crippen molar-refractivity contribution in [2.24, 2.45) is 0 Å². The average molecular weight is 513 g/mol. The van der Waals surface area contributed by atoms with Gasteiger partial charge in [-0.3, -0.25) is 0 Å². The van der Waals surface area contributed by atoms with Crippen LogP contribution in [0, 0.1) is 6.92 Å². The first-order valence-electron chi connectivity index (χ1n) is 10.3. The van der Waals surface area contributed by atoms with E-state index < -0.39 is 27.7 Å². The zero-order valence-corrected chi connectivity index (χ0v) is 20.3. The summed E-state index contributed by atoms with van der Waals surface area (Å²) in [5, 5.41) is 0.557. The molecule has 0 amide bonds. The highest BCUT2D eigenvalue weighted by molar-refractivity contribution is 7.89. The van der Waals surface area contributed by atoms with Crippen LogP contribution in [-0.2, 0) is 33.8 Å². The molecule has 0 fully saturated rings. The largest absolute Gasteiger partial charge is 0.465 e. The van der Waals surface area contributed by atoms with E-state index in [9.17, 15) is 26.4 Å². The number of nitrogens with one attached hydrogen (secondary N) is 1. The fourth-order valence-corrected chi connectivity index (χ4v) is 5.33. The topological polar surface area (TPSA) is 85.4 Å². The maximum Gasteiger partial charge on any atom is 0.416 e. The van der Waals surface area contributed by atoms with E-state index >= 15 is 0 Å². The first-order valence-corrected chi connectivity index (χ1v) is 12.6. The minimum absolute atomic E-state index is 0.0504. The number of thiazole rings is 1. The number of sulfonamides is 1. The third-order valence-corrected chi connectivity index (χ3v) is 7.70. The highest BCUT2D eigenvalue weighted by Gasteiger charge is 2.30. The molecule has 182 valence electrons. The number of aromatic nitrogens is 1. The molecule has 0 unspecified atom stereocenters. The number of aryl methyl sites for hydroxylation is 2. The predicted octanol–water partition coefficient (Wildman–Crippen LogP) is 5.01. The number of esters is 1. The third kappa shape index (κ3) is 5.83. The van der Waals surface area contributed by atoms with Gasteiger partial charge in [-0.2, -0.15) is 13.2 Å². The number of hydrogen-bond donors (Lipinski definition) is 1. The van der Waals surface area contributed by atoms with Gasteiger partial charge in [-0.25, -0.2) is 22.9 Å². The van der Waals surface area contributed by atoms with Crippen LogP contribution < -0.4 is 4.72 Å². The second-order valence-electron chi connectivity index (χ2n) is 7.41. The predicted molar refractivity (Wildman–Crippen MR) is 123 cm³/mol. The van der Waals surface area contributed by atoms with Gasteiger partial charge in [0.25, 0.3) is 0 Å². The standard InChI is InChI=1S/C23H23F3N2O4S2/c1-4-15-7-10-18(13-19(15)22(29)32-3)34(30,31)27-12-11-20-14(2)33-21(28-20)16-5-8-17(9-6-16)23(24,25)26/h5-10,13,27H,4,11-12H2,1-3H3. The zero-order chi connectivity index (χ0) is 25.1. The Balaban J connectivity index is 1.71. The fourth-order valence-electron chi connectivity index (χ4n) is 3.30. The van der Waals surface area contributed by atoms with Crippen LogP contribution in [0.5, 0.6) is 0 Å². The van der Waals surface area contributed by atoms with E-state index in [2.05, 4.69) is 9.71 Å². The van der Waals surface area contributed by atoms with E-state index in [0.29, 0.717) is 34.7 Å². The zero-order valence-electron chi connectivity index (χ0n) is 18.7. The van der Waals surface area contributed by atoms with E-state index in [4.69, 9.17) is 4.74 Å². The smallest absolute Gasteiger partial charge is 0.416 e. The monoisotopic (exact) mass is 512 g/mol. The molecule has 3 rings (SSSR count). The van der Waals surface area contributed by atoms with E-state index in [1.54, 1.807) is 6.07 Å². The Kier molecular flexibility index (Phi) is 7.79. The van der Waals surface area contributed by atoms with E-state index in [0.717, 1.165) is 17.0 Å². The van der Waals surface area contributed by atoms with Crippen LogP contribution in [0.15, 0.2) is 47.4 Å². The number of carbonyl (C=O) groups is 1. The molecular formula is C23H23F3N2O4S2. The van der Waals surface area contributed by atoms with Crippen molar-refractivity contribution >= 4 is 27.3 Å². The Hall–Kier alpha value is -2.76. The average Bonchev–Trinajstić information content (AvgIpc) is 3.17. The summed E-state index contributed by atoms with van der Waals surface area (Å²) in [7, 11) is -2.65. The number of nitrogens with zero attached hydrogens (tertiary/aromatic N) is 1. The van der Waals surface area contributed by atoms with Crippen LogP contribution >= 0.6 is 11.3 Å². The van der Waals surface area contributed by atoms with Gasteiger partial charge in [0.1, 0.15) is 5.01 Å². The summed E-state index contributed by atoms with van der Waals surface area (Å²) in [5.74, 6) is -0.609. The Labute approximate surface area is 199 Å². The molecule has 1 N–H and O–H groups in total. The molecule has 0 saturated carbocycles. The molecule has 0 radical (unpaired) electrons. The first kappa shape index (κ1) is 25.9. The van der Waals surface area contributed by atoms with Crippen molar-refractivity contribution in [3.63, 3.8) is 0 Å². The van der Waals surface area contributed by atoms with Gasteiger partial charge in [0.2, 0.25) is 10.0 Å². The van der Waals surface area contributed by atoms with Crippen molar-refractivity contribution in [3.8, 4) is 10.6 Å². The normalized spacial score (nSPS) is 12.1. The van der Waals surface area contributed by atoms with Gasteiger partial charge < -0.3 is 4.74 Å². The number of alkyl halides is 3. The Morgan fingerprint density at radius 1 is 1.15 bits per heavy atom. The summed E-state index contributed by atoms with van der Waals surface area (Å²) in [5.41, 5.74) is 1.35. The highest BCUT2D eigenvalue weighted by Crippen LogP contribution is 2.33. The lowest BCUT2D eigenvalue weighted by Crippen LogP contribution is -2.26. The van der Waals surface area contributed by atoms with Crippen molar-refractivity contribution in [1.82, 2.24) is 9.71 Å². The van der Waals surface area contributed by atoms with E-state index in [1.165, 1.54) is 42.7 Å². The summed E-state index contributed by atoms with van der Waals surface area (Å²) in [6.07, 6.45) is -3.57. The maximum absolute atomic E-state index is 12.8. The molecule has 1 heterocycles. The minimum Gasteiger partial charge on any atom is -0.465 e. The molecule has 0 saturated heterocycles. The van der Waals surface area contributed by atoms with Crippen LogP contribution in [0.2, 0.25) is 0 Å². The SMILES string of the molecule is CCc1ccc(S(=O)(=O)NCCc2nc(-c3ccc(C(F)(F)F)cc3)sc2C)cc1C(=O)OC. The fraction of sp³-hybridized carbons (Fsp3) is 0.304. The van der Waals surface area contributed by atoms with Crippen molar-refractivity contribution in [3.05, 3.63) is 69.7 Å². The summed E-state index contributed by atoms with van der Waals surface area (Å²) < 4.78 is 71.0. The molecular weight excluding hydrogens is 489 g/mol. The van der Waals surface area contributed by atoms with Crippen LogP contribution in [0.25, 0.3) is 10.6 Å². The molecule has 2 aromatic carbocycles. The molecule has 0 atom stereocenters. The van der Waals surface area contributed by atoms with Gasteiger partial charge in [0.05, 0.1) is 28.8 Å². The van der Waals surface area contributed by atoms with Gasteiger partial charge in [0, 0.05) is 23.4 Å². The van der Waals surface area contributed by atoms with Gasteiger partial charge in [-0.15, -0.1) is 11.3 Å². The molecule has 11 heteroatoms. The van der Waals surface area contributed by atoms with E-state index in [1.807, 2.05) is 13.8 Å². The Morgan fingerprint density at radius 2 is 1.82 bits per heavy atom. The van der Waals surface area contributed by atoms with Crippen molar-refractivity contribution < 1.29 is 31.1 Å². The first-order chi connectivity index (χ1) is 16.0. The van der Waals surface area contributed by atoms with Crippen molar-refractivity contribution in [2.75, 3.05) is 13.7 Å². The lowest BCUT2D eigenvalue weighted by Gasteiger charge is -2.10. The van der Waals surface area contributed by atoms with Crippen molar-refractivity contribution in [1.29, 1.82) is 0 Å². The number of halogens is 3. The second-order valence-corrected chi connectivity index (χ2v) is 10.4. The van der Waals surface area contributed by atoms with Gasteiger partial charge in [-0.1, -0.05) is 25.1 Å². The summed E-state index contributed by atoms with van der Waals surface area (Å²) in [4.78, 5) is 17.3. The molecule has 0 aliphatic heterocycles. The van der Waals surface area contributed by atoms with Crippen LogP contribution in [-0.4, -0.2) is 33.0 Å². The van der Waals surface area contributed by atoms with Gasteiger partial charge >= 0.3 is 12.1 Å². The second kappa shape index (κ2) is 10.2. The Morgan fingerprint density at radius 3 is 2.41 bits per heavy atom. The summed E-state index contributed by atoms with van der Waals surface area (Å²) in [6, 6.07) is 9.06. The number of rotatable bonds is 8. The molecule has 0 aliphatic rings. The molecule has 0 aliphatic carbocycles. The number of carbonyl (C=O) groups excluding carboxylic acids is 1. The number of ether oxygens (including phenoxy) is 1. The maximum atomic E-state index is 12.8. The molecule has 0 spiro atoms. The summed E-state index contributed by atoms with van der Waals surface area (Å²) in [6.45, 7) is 3.73. The third-order valence-electron chi connectivity index (χ3n) is 5.18. The number of hydrogen-bond acceptors (Lipinski definition) is 6.